The maximum atomic E-state index is 13.5. The second-order valence-electron chi connectivity index (χ2n) is 11.8. The third kappa shape index (κ3) is 9.48. The summed E-state index contributed by atoms with van der Waals surface area (Å²) < 4.78 is 10.7. The van der Waals surface area contributed by atoms with E-state index in [0.717, 1.165) is 33.4 Å². The summed E-state index contributed by atoms with van der Waals surface area (Å²) in [5, 5.41) is 12.3. The number of urea groups is 1. The van der Waals surface area contributed by atoms with Crippen LogP contribution >= 0.6 is 0 Å². The Morgan fingerprint density at radius 1 is 0.784 bits per heavy atom. The van der Waals surface area contributed by atoms with E-state index in [-0.39, 0.29) is 31.3 Å². The van der Waals surface area contributed by atoms with E-state index >= 15 is 0 Å². The number of hydrazone groups is 1. The molecule has 4 N–H and O–H groups in total. The van der Waals surface area contributed by atoms with Gasteiger partial charge in [-0.3, -0.25) is 9.59 Å². The molecule has 0 radical (unpaired) electrons. The Balaban J connectivity index is 1.33. The minimum Gasteiger partial charge on any atom is -0.460 e. The molecule has 1 aliphatic carbocycles. The Morgan fingerprint density at radius 3 is 1.92 bits per heavy atom. The van der Waals surface area contributed by atoms with Crippen LogP contribution in [0.15, 0.2) is 127 Å². The van der Waals surface area contributed by atoms with E-state index in [9.17, 15) is 19.2 Å². The van der Waals surface area contributed by atoms with Gasteiger partial charge < -0.3 is 25.4 Å². The van der Waals surface area contributed by atoms with Crippen LogP contribution in [-0.4, -0.2) is 55.5 Å². The quantitative estimate of drug-likeness (QED) is 0.0523. The van der Waals surface area contributed by atoms with Gasteiger partial charge >= 0.3 is 18.1 Å². The Labute approximate surface area is 297 Å². The standard InChI is InChI=1S/C40H41N5O6/c1-3-15-34(42-40(49)51-26-33-31-22-13-11-20-29(31)30-21-12-14-23-32(30)33)37(38(47)41-25-35(46)50-24-4-2)44-45-39(48)43-36(27-16-7-5-8-17-27)28-18-9-6-10-19-28/h4-14,16-23,33-34,36H,2-3,15,24-26H2,1H3,(H,41,47)(H,42,49)(H2,43,45,48)/t34-/m1/s1. The number of nitrogens with one attached hydrogen (secondary N) is 4. The van der Waals surface area contributed by atoms with E-state index in [2.05, 4.69) is 33.1 Å². The number of benzene rings is 4. The molecule has 0 aliphatic heterocycles. The molecule has 0 bridgehead atoms. The summed E-state index contributed by atoms with van der Waals surface area (Å²) in [7, 11) is 0. The van der Waals surface area contributed by atoms with E-state index in [1.807, 2.05) is 116 Å². The molecule has 4 aromatic rings. The summed E-state index contributed by atoms with van der Waals surface area (Å²) >= 11 is 0. The molecule has 1 aliphatic rings. The molecule has 0 saturated heterocycles. The summed E-state index contributed by atoms with van der Waals surface area (Å²) in [5.74, 6) is -1.65. The summed E-state index contributed by atoms with van der Waals surface area (Å²) in [6.07, 6.45) is 1.46. The van der Waals surface area contributed by atoms with Gasteiger partial charge in [0.1, 0.15) is 25.5 Å². The fourth-order valence-corrected chi connectivity index (χ4v) is 6.01. The molecule has 0 fully saturated rings. The third-order valence-corrected chi connectivity index (χ3v) is 8.35. The summed E-state index contributed by atoms with van der Waals surface area (Å²) in [4.78, 5) is 52.3. The first kappa shape index (κ1) is 36.1. The topological polar surface area (TPSA) is 147 Å². The van der Waals surface area contributed by atoms with Crippen molar-refractivity contribution in [2.75, 3.05) is 19.8 Å². The van der Waals surface area contributed by atoms with E-state index in [1.165, 1.54) is 6.08 Å². The van der Waals surface area contributed by atoms with Crippen LogP contribution in [0.2, 0.25) is 0 Å². The van der Waals surface area contributed by atoms with E-state index in [4.69, 9.17) is 9.47 Å². The van der Waals surface area contributed by atoms with Crippen molar-refractivity contribution in [2.45, 2.75) is 37.8 Å². The second-order valence-corrected chi connectivity index (χ2v) is 11.8. The fraction of sp³-hybridized carbons (Fsp3) is 0.225. The van der Waals surface area contributed by atoms with Gasteiger partial charge in [0, 0.05) is 5.92 Å². The van der Waals surface area contributed by atoms with Crippen LogP contribution in [0.1, 0.15) is 54.0 Å². The van der Waals surface area contributed by atoms with Crippen molar-refractivity contribution in [3.8, 4) is 11.1 Å². The van der Waals surface area contributed by atoms with Gasteiger partial charge in [-0.25, -0.2) is 15.0 Å². The van der Waals surface area contributed by atoms with Gasteiger partial charge in [-0.15, -0.1) is 0 Å². The second kappa shape index (κ2) is 18.0. The zero-order chi connectivity index (χ0) is 36.0. The van der Waals surface area contributed by atoms with Crippen molar-refractivity contribution in [3.05, 3.63) is 144 Å². The minimum absolute atomic E-state index is 0.0246. The van der Waals surface area contributed by atoms with E-state index in [1.54, 1.807) is 0 Å². The SMILES string of the molecule is C=CCOC(=O)CNC(=O)C(=NNC(=O)NC(c1ccccc1)c1ccccc1)[C@@H](CCC)NC(=O)OCC1c2ccccc2-c2ccccc21. The van der Waals surface area contributed by atoms with Gasteiger partial charge in [-0.05, 0) is 39.8 Å². The molecule has 51 heavy (non-hydrogen) atoms. The first-order valence-electron chi connectivity index (χ1n) is 16.8. The first-order chi connectivity index (χ1) is 24.9. The van der Waals surface area contributed by atoms with Crippen LogP contribution in [0.5, 0.6) is 0 Å². The van der Waals surface area contributed by atoms with Gasteiger partial charge in [-0.1, -0.05) is 135 Å². The highest BCUT2D eigenvalue weighted by molar-refractivity contribution is 6.41. The summed E-state index contributed by atoms with van der Waals surface area (Å²) in [5.41, 5.74) is 8.16. The Bertz CT molecular complexity index is 1780. The smallest absolute Gasteiger partial charge is 0.407 e. The maximum Gasteiger partial charge on any atom is 0.407 e. The zero-order valence-corrected chi connectivity index (χ0v) is 28.3. The Morgan fingerprint density at radius 2 is 1.35 bits per heavy atom. The molecule has 0 spiro atoms. The van der Waals surface area contributed by atoms with Crippen LogP contribution in [0.25, 0.3) is 11.1 Å². The molecular weight excluding hydrogens is 646 g/mol. The van der Waals surface area contributed by atoms with Crippen molar-refractivity contribution in [1.29, 1.82) is 0 Å². The molecule has 262 valence electrons. The molecule has 4 amide bonds. The van der Waals surface area contributed by atoms with Gasteiger partial charge in [0.25, 0.3) is 5.91 Å². The number of hydrogen-bond donors (Lipinski definition) is 4. The number of amides is 4. The maximum absolute atomic E-state index is 13.5. The number of fused-ring (bicyclic) bond motifs is 3. The lowest BCUT2D eigenvalue weighted by Gasteiger charge is -2.22. The van der Waals surface area contributed by atoms with Gasteiger partial charge in [0.05, 0.1) is 12.1 Å². The minimum atomic E-state index is -0.978. The van der Waals surface area contributed by atoms with Crippen molar-refractivity contribution in [2.24, 2.45) is 5.10 Å². The number of ether oxygens (including phenoxy) is 2. The summed E-state index contributed by atoms with van der Waals surface area (Å²) in [6, 6.07) is 32.6. The van der Waals surface area contributed by atoms with Crippen LogP contribution in [0.3, 0.4) is 0 Å². The van der Waals surface area contributed by atoms with Crippen molar-refractivity contribution in [1.82, 2.24) is 21.4 Å². The lowest BCUT2D eigenvalue weighted by Crippen LogP contribution is -2.50. The number of alkyl carbamates (subject to hydrolysis) is 1. The zero-order valence-electron chi connectivity index (χ0n) is 28.3. The molecule has 11 heteroatoms. The van der Waals surface area contributed by atoms with Crippen LogP contribution in [0.4, 0.5) is 9.59 Å². The monoisotopic (exact) mass is 687 g/mol. The highest BCUT2D eigenvalue weighted by Gasteiger charge is 2.31. The number of carbonyl (C=O) groups excluding carboxylic acids is 4. The fourth-order valence-electron chi connectivity index (χ4n) is 6.01. The molecule has 5 rings (SSSR count). The van der Waals surface area contributed by atoms with Gasteiger partial charge in [0.2, 0.25) is 0 Å². The Kier molecular flexibility index (Phi) is 12.7. The lowest BCUT2D eigenvalue weighted by molar-refractivity contribution is -0.142. The number of nitrogens with zero attached hydrogens (tertiary/aromatic N) is 1. The first-order valence-corrected chi connectivity index (χ1v) is 16.8. The molecule has 0 aromatic heterocycles. The average molecular weight is 688 g/mol. The highest BCUT2D eigenvalue weighted by atomic mass is 16.5. The molecule has 11 nitrogen and oxygen atoms in total. The summed E-state index contributed by atoms with van der Waals surface area (Å²) in [6.45, 7) is 4.95. The molecule has 0 saturated carbocycles. The Hall–Kier alpha value is -6.23. The highest BCUT2D eigenvalue weighted by Crippen LogP contribution is 2.44. The molecule has 0 heterocycles. The van der Waals surface area contributed by atoms with Crippen molar-refractivity contribution >= 4 is 29.7 Å². The molecule has 1 atom stereocenters. The number of rotatable bonds is 15. The predicted molar refractivity (Wildman–Crippen MR) is 195 cm³/mol. The lowest BCUT2D eigenvalue weighted by atomic mass is 9.98. The third-order valence-electron chi connectivity index (χ3n) is 8.35. The van der Waals surface area contributed by atoms with Crippen LogP contribution < -0.4 is 21.4 Å². The largest absolute Gasteiger partial charge is 0.460 e. The van der Waals surface area contributed by atoms with Crippen LogP contribution in [0, 0.1) is 0 Å². The molecular formula is C40H41N5O6. The number of hydrogen-bond acceptors (Lipinski definition) is 7. The van der Waals surface area contributed by atoms with Gasteiger partial charge in [-0.2, -0.15) is 5.10 Å². The van der Waals surface area contributed by atoms with Crippen molar-refractivity contribution < 1.29 is 28.7 Å². The molecule has 4 aromatic carbocycles. The predicted octanol–water partition coefficient (Wildman–Crippen LogP) is 5.98. The van der Waals surface area contributed by atoms with E-state index in [0.29, 0.717) is 6.42 Å². The number of carbonyl (C=O) groups is 4. The van der Waals surface area contributed by atoms with Crippen molar-refractivity contribution in [3.63, 3.8) is 0 Å². The molecule has 0 unspecified atom stereocenters. The average Bonchev–Trinajstić information content (AvgIpc) is 3.48. The number of esters is 1. The normalized spacial score (nSPS) is 12.5. The van der Waals surface area contributed by atoms with Gasteiger partial charge in [0.15, 0.2) is 0 Å². The van der Waals surface area contributed by atoms with Crippen LogP contribution in [-0.2, 0) is 19.1 Å². The van der Waals surface area contributed by atoms with E-state index < -0.39 is 42.6 Å².